The lowest BCUT2D eigenvalue weighted by molar-refractivity contribution is -0.121. The van der Waals surface area contributed by atoms with E-state index in [1.54, 1.807) is 0 Å². The average Bonchev–Trinajstić information content (AvgIpc) is 2.97. The minimum absolute atomic E-state index is 0.199. The van der Waals surface area contributed by atoms with Crippen molar-refractivity contribution in [1.82, 2.24) is 15.2 Å². The van der Waals surface area contributed by atoms with E-state index in [2.05, 4.69) is 17.3 Å². The van der Waals surface area contributed by atoms with Crippen LogP contribution in [0.15, 0.2) is 0 Å². The second-order valence-electron chi connectivity index (χ2n) is 6.95. The fourth-order valence-corrected chi connectivity index (χ4v) is 4.87. The summed E-state index contributed by atoms with van der Waals surface area (Å²) >= 11 is 1.85. The second kappa shape index (κ2) is 8.25. The molecule has 0 saturated carbocycles. The highest BCUT2D eigenvalue weighted by Crippen LogP contribution is 2.26. The molecule has 4 nitrogen and oxygen atoms in total. The standard InChI is InChI=1S/C18H29N3OS/c1-21-13-5-4-6-14(21)9-10-17(22)19-12-11-18-20-15-7-2-3-8-16(15)23-18/h14H,2-13H2,1H3,(H,19,22). The topological polar surface area (TPSA) is 45.2 Å². The number of rotatable bonds is 6. The molecule has 128 valence electrons. The third-order valence-corrected chi connectivity index (χ3v) is 6.39. The molecular weight excluding hydrogens is 306 g/mol. The zero-order valence-electron chi connectivity index (χ0n) is 14.3. The van der Waals surface area contributed by atoms with Crippen molar-refractivity contribution in [1.29, 1.82) is 0 Å². The van der Waals surface area contributed by atoms with Crippen LogP contribution in [0.4, 0.5) is 0 Å². The Morgan fingerprint density at radius 3 is 3.00 bits per heavy atom. The fraction of sp³-hybridized carbons (Fsp3) is 0.778. The number of piperidine rings is 1. The summed E-state index contributed by atoms with van der Waals surface area (Å²) in [6.45, 7) is 1.91. The maximum Gasteiger partial charge on any atom is 0.220 e. The maximum atomic E-state index is 12.0. The van der Waals surface area contributed by atoms with Gasteiger partial charge in [0, 0.05) is 30.3 Å². The van der Waals surface area contributed by atoms with E-state index in [1.807, 2.05) is 11.3 Å². The maximum absolute atomic E-state index is 12.0. The molecule has 1 saturated heterocycles. The predicted molar refractivity (Wildman–Crippen MR) is 95.0 cm³/mol. The van der Waals surface area contributed by atoms with Crippen molar-refractivity contribution in [3.05, 3.63) is 15.6 Å². The summed E-state index contributed by atoms with van der Waals surface area (Å²) in [7, 11) is 2.19. The molecule has 0 aromatic carbocycles. The first kappa shape index (κ1) is 16.9. The van der Waals surface area contributed by atoms with Crippen LogP contribution in [0.5, 0.6) is 0 Å². The Labute approximate surface area is 143 Å². The van der Waals surface area contributed by atoms with Gasteiger partial charge >= 0.3 is 0 Å². The fourth-order valence-electron chi connectivity index (χ4n) is 3.72. The van der Waals surface area contributed by atoms with Gasteiger partial charge in [0.25, 0.3) is 0 Å². The lowest BCUT2D eigenvalue weighted by Gasteiger charge is -2.32. The molecule has 0 bridgehead atoms. The number of nitrogens with one attached hydrogen (secondary N) is 1. The summed E-state index contributed by atoms with van der Waals surface area (Å²) in [5, 5.41) is 4.27. The summed E-state index contributed by atoms with van der Waals surface area (Å²) in [6.07, 6.45) is 11.3. The summed E-state index contributed by atoms with van der Waals surface area (Å²) in [6, 6.07) is 0.597. The Balaban J connectivity index is 1.35. The number of aryl methyl sites for hydroxylation is 2. The van der Waals surface area contributed by atoms with Crippen LogP contribution >= 0.6 is 11.3 Å². The van der Waals surface area contributed by atoms with Crippen LogP contribution in [-0.4, -0.2) is 42.0 Å². The van der Waals surface area contributed by atoms with Gasteiger partial charge in [0.2, 0.25) is 5.91 Å². The molecule has 1 unspecified atom stereocenters. The van der Waals surface area contributed by atoms with Crippen LogP contribution < -0.4 is 5.32 Å². The van der Waals surface area contributed by atoms with Crippen LogP contribution in [0.2, 0.25) is 0 Å². The Morgan fingerprint density at radius 2 is 2.17 bits per heavy atom. The lowest BCUT2D eigenvalue weighted by Crippen LogP contribution is -2.37. The van der Waals surface area contributed by atoms with Gasteiger partial charge in [-0.25, -0.2) is 4.98 Å². The molecule has 1 atom stereocenters. The lowest BCUT2D eigenvalue weighted by atomic mass is 9.98. The molecule has 23 heavy (non-hydrogen) atoms. The van der Waals surface area contributed by atoms with Crippen molar-refractivity contribution >= 4 is 17.2 Å². The molecule has 0 radical (unpaired) electrons. The van der Waals surface area contributed by atoms with Crippen molar-refractivity contribution in [3.63, 3.8) is 0 Å². The molecule has 5 heteroatoms. The van der Waals surface area contributed by atoms with Crippen LogP contribution in [0.3, 0.4) is 0 Å². The van der Waals surface area contributed by atoms with Crippen LogP contribution in [-0.2, 0) is 24.1 Å². The number of carbonyl (C=O) groups excluding carboxylic acids is 1. The van der Waals surface area contributed by atoms with Gasteiger partial charge < -0.3 is 10.2 Å². The van der Waals surface area contributed by atoms with Gasteiger partial charge in [-0.15, -0.1) is 11.3 Å². The van der Waals surface area contributed by atoms with E-state index in [-0.39, 0.29) is 5.91 Å². The highest BCUT2D eigenvalue weighted by atomic mass is 32.1. The summed E-state index contributed by atoms with van der Waals surface area (Å²) in [5.41, 5.74) is 1.32. The number of nitrogens with zero attached hydrogens (tertiary/aromatic N) is 2. The zero-order chi connectivity index (χ0) is 16.1. The molecule has 0 spiro atoms. The first-order valence-corrected chi connectivity index (χ1v) is 9.98. The third kappa shape index (κ3) is 4.77. The van der Waals surface area contributed by atoms with Gasteiger partial charge in [-0.1, -0.05) is 6.42 Å². The third-order valence-electron chi connectivity index (χ3n) is 5.18. The molecule has 1 aliphatic heterocycles. The minimum Gasteiger partial charge on any atom is -0.356 e. The summed E-state index contributed by atoms with van der Waals surface area (Å²) in [5.74, 6) is 0.199. The van der Waals surface area contributed by atoms with Gasteiger partial charge in [-0.2, -0.15) is 0 Å². The van der Waals surface area contributed by atoms with Crippen LogP contribution in [0, 0.1) is 0 Å². The van der Waals surface area contributed by atoms with Crippen LogP contribution in [0.25, 0.3) is 0 Å². The minimum atomic E-state index is 0.199. The molecule has 3 rings (SSSR count). The molecule has 1 aromatic rings. The Kier molecular flexibility index (Phi) is 6.06. The molecule has 1 fully saturated rings. The Morgan fingerprint density at radius 1 is 1.30 bits per heavy atom. The highest BCUT2D eigenvalue weighted by molar-refractivity contribution is 7.11. The Hall–Kier alpha value is -0.940. The normalized spacial score (nSPS) is 21.9. The number of carbonyl (C=O) groups is 1. The van der Waals surface area contributed by atoms with E-state index in [9.17, 15) is 4.79 Å². The molecular formula is C18H29N3OS. The molecule has 1 aliphatic carbocycles. The number of amides is 1. The monoisotopic (exact) mass is 335 g/mol. The quantitative estimate of drug-likeness (QED) is 0.869. The largest absolute Gasteiger partial charge is 0.356 e. The van der Waals surface area contributed by atoms with Crippen molar-refractivity contribution in [2.75, 3.05) is 20.1 Å². The van der Waals surface area contributed by atoms with Crippen molar-refractivity contribution in [3.8, 4) is 0 Å². The molecule has 1 N–H and O–H groups in total. The number of hydrogen-bond donors (Lipinski definition) is 1. The number of thiazole rings is 1. The van der Waals surface area contributed by atoms with E-state index >= 15 is 0 Å². The van der Waals surface area contributed by atoms with Gasteiger partial charge in [0.1, 0.15) is 0 Å². The number of fused-ring (bicyclic) bond motifs is 1. The van der Waals surface area contributed by atoms with E-state index in [0.717, 1.165) is 25.8 Å². The van der Waals surface area contributed by atoms with Crippen molar-refractivity contribution < 1.29 is 4.79 Å². The number of hydrogen-bond acceptors (Lipinski definition) is 4. The van der Waals surface area contributed by atoms with Gasteiger partial charge in [0.15, 0.2) is 0 Å². The molecule has 1 amide bonds. The highest BCUT2D eigenvalue weighted by Gasteiger charge is 2.19. The van der Waals surface area contributed by atoms with Gasteiger partial charge in [0.05, 0.1) is 10.7 Å². The number of aromatic nitrogens is 1. The molecule has 2 aliphatic rings. The predicted octanol–water partition coefficient (Wildman–Crippen LogP) is 2.95. The van der Waals surface area contributed by atoms with Gasteiger partial charge in [-0.05, 0) is 58.5 Å². The van der Waals surface area contributed by atoms with E-state index in [0.29, 0.717) is 12.5 Å². The van der Waals surface area contributed by atoms with E-state index in [4.69, 9.17) is 4.98 Å². The van der Waals surface area contributed by atoms with Crippen molar-refractivity contribution in [2.24, 2.45) is 0 Å². The average molecular weight is 336 g/mol. The first-order valence-electron chi connectivity index (χ1n) is 9.17. The Bertz CT molecular complexity index is 505. The first-order chi connectivity index (χ1) is 11.2. The number of likely N-dealkylation sites (tertiary alicyclic amines) is 1. The molecule has 1 aromatic heterocycles. The van der Waals surface area contributed by atoms with Gasteiger partial charge in [-0.3, -0.25) is 4.79 Å². The van der Waals surface area contributed by atoms with Crippen LogP contribution in [0.1, 0.15) is 60.5 Å². The summed E-state index contributed by atoms with van der Waals surface area (Å²) < 4.78 is 0. The SMILES string of the molecule is CN1CCCCC1CCC(=O)NCCc1nc2c(s1)CCCC2. The van der Waals surface area contributed by atoms with E-state index in [1.165, 1.54) is 60.6 Å². The molecule has 2 heterocycles. The zero-order valence-corrected chi connectivity index (χ0v) is 15.1. The smallest absolute Gasteiger partial charge is 0.220 e. The van der Waals surface area contributed by atoms with Crippen molar-refractivity contribution in [2.45, 2.75) is 70.3 Å². The summed E-state index contributed by atoms with van der Waals surface area (Å²) in [4.78, 5) is 20.7. The van der Waals surface area contributed by atoms with E-state index < -0.39 is 0 Å². The second-order valence-corrected chi connectivity index (χ2v) is 8.12.